The van der Waals surface area contributed by atoms with Crippen molar-refractivity contribution in [2.45, 2.75) is 31.8 Å². The summed E-state index contributed by atoms with van der Waals surface area (Å²) in [6.45, 7) is 2.78. The number of benzene rings is 2. The van der Waals surface area contributed by atoms with Gasteiger partial charge < -0.3 is 15.7 Å². The van der Waals surface area contributed by atoms with Crippen LogP contribution in [0.2, 0.25) is 0 Å². The third-order valence-electron chi connectivity index (χ3n) is 4.36. The van der Waals surface area contributed by atoms with Crippen LogP contribution in [0.3, 0.4) is 0 Å². The lowest BCUT2D eigenvalue weighted by atomic mass is 9.85. The quantitative estimate of drug-likeness (QED) is 0.807. The van der Waals surface area contributed by atoms with Crippen molar-refractivity contribution in [2.24, 2.45) is 0 Å². The molecule has 0 aliphatic carbocycles. The summed E-state index contributed by atoms with van der Waals surface area (Å²) in [4.78, 5) is 23.5. The molecular weight excluding hydrogens is 304 g/mol. The summed E-state index contributed by atoms with van der Waals surface area (Å²) in [6, 6.07) is 14.9. The van der Waals surface area contributed by atoms with E-state index in [1.54, 1.807) is 24.3 Å². The van der Waals surface area contributed by atoms with Gasteiger partial charge in [0.05, 0.1) is 12.3 Å². The second kappa shape index (κ2) is 6.84. The lowest BCUT2D eigenvalue weighted by Gasteiger charge is -2.31. The van der Waals surface area contributed by atoms with Crippen LogP contribution in [-0.4, -0.2) is 23.0 Å². The number of fused-ring (bicyclic) bond motifs is 1. The molecule has 1 aliphatic heterocycles. The van der Waals surface area contributed by atoms with Gasteiger partial charge in [-0.25, -0.2) is 0 Å². The van der Waals surface area contributed by atoms with Crippen molar-refractivity contribution < 1.29 is 14.7 Å². The Bertz CT molecular complexity index is 755. The van der Waals surface area contributed by atoms with Crippen molar-refractivity contribution in [1.82, 2.24) is 5.32 Å². The fourth-order valence-electron chi connectivity index (χ4n) is 3.13. The molecule has 24 heavy (non-hydrogen) atoms. The molecular formula is C19H20N2O3. The minimum atomic E-state index is -0.870. The summed E-state index contributed by atoms with van der Waals surface area (Å²) in [5, 5.41) is 15.1. The molecule has 0 radical (unpaired) electrons. The van der Waals surface area contributed by atoms with Crippen LogP contribution in [0.4, 0.5) is 5.69 Å². The Morgan fingerprint density at radius 2 is 1.88 bits per heavy atom. The number of nitrogens with one attached hydrogen (secondary N) is 2. The number of carboxylic acids is 1. The number of hydrogen-bond donors (Lipinski definition) is 3. The van der Waals surface area contributed by atoms with E-state index in [0.717, 1.165) is 17.7 Å². The zero-order valence-corrected chi connectivity index (χ0v) is 13.5. The Kier molecular flexibility index (Phi) is 4.62. The van der Waals surface area contributed by atoms with E-state index in [4.69, 9.17) is 5.11 Å². The van der Waals surface area contributed by atoms with Crippen LogP contribution in [0.5, 0.6) is 0 Å². The summed E-state index contributed by atoms with van der Waals surface area (Å²) < 4.78 is 0. The Labute approximate surface area is 140 Å². The number of amides is 1. The van der Waals surface area contributed by atoms with E-state index in [1.165, 1.54) is 0 Å². The highest BCUT2D eigenvalue weighted by atomic mass is 16.4. The van der Waals surface area contributed by atoms with Gasteiger partial charge in [0, 0.05) is 18.3 Å². The number of anilines is 1. The van der Waals surface area contributed by atoms with Crippen LogP contribution in [0.25, 0.3) is 0 Å². The maximum Gasteiger partial charge on any atom is 0.307 e. The number of carbonyl (C=O) groups is 2. The van der Waals surface area contributed by atoms with Gasteiger partial charge in [-0.05, 0) is 35.7 Å². The molecule has 2 atom stereocenters. The van der Waals surface area contributed by atoms with Crippen LogP contribution in [0.15, 0.2) is 48.5 Å². The zero-order chi connectivity index (χ0) is 17.1. The van der Waals surface area contributed by atoms with Crippen molar-refractivity contribution in [3.05, 3.63) is 65.2 Å². The van der Waals surface area contributed by atoms with Gasteiger partial charge in [0.25, 0.3) is 0 Å². The van der Waals surface area contributed by atoms with Crippen molar-refractivity contribution in [1.29, 1.82) is 0 Å². The highest BCUT2D eigenvalue weighted by Gasteiger charge is 2.31. The Balaban J connectivity index is 1.76. The van der Waals surface area contributed by atoms with E-state index in [1.807, 2.05) is 31.2 Å². The largest absolute Gasteiger partial charge is 0.481 e. The number of hydrogen-bond acceptors (Lipinski definition) is 3. The predicted octanol–water partition coefficient (Wildman–Crippen LogP) is 2.53. The molecule has 0 fully saturated rings. The van der Waals surface area contributed by atoms with E-state index in [9.17, 15) is 9.59 Å². The Morgan fingerprint density at radius 1 is 1.17 bits per heavy atom. The molecule has 1 heterocycles. The first-order valence-electron chi connectivity index (χ1n) is 7.97. The smallest absolute Gasteiger partial charge is 0.307 e. The fourth-order valence-corrected chi connectivity index (χ4v) is 3.13. The molecule has 0 bridgehead atoms. The minimum Gasteiger partial charge on any atom is -0.481 e. The molecule has 3 N–H and O–H groups in total. The summed E-state index contributed by atoms with van der Waals surface area (Å²) in [6.07, 6.45) is -0.0226. The predicted molar refractivity (Wildman–Crippen MR) is 91.9 cm³/mol. The van der Waals surface area contributed by atoms with E-state index in [2.05, 4.69) is 10.6 Å². The van der Waals surface area contributed by atoms with Crippen molar-refractivity contribution >= 4 is 17.6 Å². The second-order valence-electron chi connectivity index (χ2n) is 6.10. The molecule has 2 aromatic rings. The van der Waals surface area contributed by atoms with Crippen LogP contribution in [-0.2, 0) is 22.6 Å². The van der Waals surface area contributed by atoms with Crippen LogP contribution >= 0.6 is 0 Å². The third-order valence-corrected chi connectivity index (χ3v) is 4.36. The molecule has 5 nitrogen and oxygen atoms in total. The molecule has 124 valence electrons. The number of carboxylic acid groups (broad SMARTS) is 1. The van der Waals surface area contributed by atoms with Crippen molar-refractivity contribution in [3.8, 4) is 0 Å². The maximum absolute atomic E-state index is 12.8. The molecule has 0 spiro atoms. The summed E-state index contributed by atoms with van der Waals surface area (Å²) in [5.74, 6) is -1.19. The molecule has 2 aromatic carbocycles. The molecule has 0 saturated heterocycles. The summed E-state index contributed by atoms with van der Waals surface area (Å²) >= 11 is 0. The first-order valence-corrected chi connectivity index (χ1v) is 7.97. The molecule has 5 heteroatoms. The van der Waals surface area contributed by atoms with Gasteiger partial charge in [0.15, 0.2) is 0 Å². The van der Waals surface area contributed by atoms with Gasteiger partial charge in [0.2, 0.25) is 5.91 Å². The van der Waals surface area contributed by atoms with Gasteiger partial charge in [-0.3, -0.25) is 9.59 Å². The zero-order valence-electron chi connectivity index (χ0n) is 13.5. The number of carbonyl (C=O) groups excluding carboxylic acids is 1. The van der Waals surface area contributed by atoms with Gasteiger partial charge in [0.1, 0.15) is 0 Å². The van der Waals surface area contributed by atoms with E-state index in [-0.39, 0.29) is 24.3 Å². The summed E-state index contributed by atoms with van der Waals surface area (Å²) in [5.41, 5.74) is 3.58. The highest BCUT2D eigenvalue weighted by Crippen LogP contribution is 2.29. The second-order valence-corrected chi connectivity index (χ2v) is 6.10. The minimum absolute atomic E-state index is 0.0226. The van der Waals surface area contributed by atoms with Crippen LogP contribution in [0.1, 0.15) is 29.5 Å². The standard InChI is InChI=1S/C19H20N2O3/c1-12-18(16-5-3-2-4-14(16)11-20-12)19(24)21-15-8-6-13(7-9-15)10-17(22)23/h2-9,12,18,20H,10-11H2,1H3,(H,21,24)(H,22,23). The molecule has 2 unspecified atom stereocenters. The summed E-state index contributed by atoms with van der Waals surface area (Å²) in [7, 11) is 0. The van der Waals surface area contributed by atoms with Crippen LogP contribution < -0.4 is 10.6 Å². The highest BCUT2D eigenvalue weighted by molar-refractivity contribution is 5.96. The first-order chi connectivity index (χ1) is 11.5. The Morgan fingerprint density at radius 3 is 2.58 bits per heavy atom. The molecule has 1 aliphatic rings. The van der Waals surface area contributed by atoms with Crippen molar-refractivity contribution in [3.63, 3.8) is 0 Å². The number of rotatable bonds is 4. The Hall–Kier alpha value is -2.66. The average Bonchev–Trinajstić information content (AvgIpc) is 2.56. The topological polar surface area (TPSA) is 78.4 Å². The van der Waals surface area contributed by atoms with Crippen molar-refractivity contribution in [2.75, 3.05) is 5.32 Å². The van der Waals surface area contributed by atoms with E-state index >= 15 is 0 Å². The van der Waals surface area contributed by atoms with E-state index < -0.39 is 5.97 Å². The lowest BCUT2D eigenvalue weighted by molar-refractivity contribution is -0.136. The maximum atomic E-state index is 12.8. The first kappa shape index (κ1) is 16.2. The van der Waals surface area contributed by atoms with Gasteiger partial charge in [-0.2, -0.15) is 0 Å². The normalized spacial score (nSPS) is 19.4. The molecule has 0 aromatic heterocycles. The molecule has 1 amide bonds. The molecule has 3 rings (SSSR count). The average molecular weight is 324 g/mol. The third kappa shape index (κ3) is 3.46. The van der Waals surface area contributed by atoms with Gasteiger partial charge in [-0.15, -0.1) is 0 Å². The monoisotopic (exact) mass is 324 g/mol. The fraction of sp³-hybridized carbons (Fsp3) is 0.263. The van der Waals surface area contributed by atoms with Gasteiger partial charge >= 0.3 is 5.97 Å². The van der Waals surface area contributed by atoms with E-state index in [0.29, 0.717) is 11.3 Å². The van der Waals surface area contributed by atoms with Gasteiger partial charge in [-0.1, -0.05) is 36.4 Å². The molecule has 0 saturated carbocycles. The van der Waals surface area contributed by atoms with Crippen LogP contribution in [0, 0.1) is 0 Å². The number of aliphatic carboxylic acids is 1. The SMILES string of the molecule is CC1NCc2ccccc2C1C(=O)Nc1ccc(CC(=O)O)cc1. The lowest BCUT2D eigenvalue weighted by Crippen LogP contribution is -2.42.